The van der Waals surface area contributed by atoms with E-state index in [9.17, 15) is 10.2 Å². The van der Waals surface area contributed by atoms with Crippen LogP contribution in [-0.4, -0.2) is 43.1 Å². The number of benzene rings is 1. The zero-order valence-electron chi connectivity index (χ0n) is 15.6. The second-order valence-electron chi connectivity index (χ2n) is 7.05. The Balaban J connectivity index is 1.69. The summed E-state index contributed by atoms with van der Waals surface area (Å²) in [4.78, 5) is 10.0. The first-order valence-corrected chi connectivity index (χ1v) is 10.2. The van der Waals surface area contributed by atoms with Crippen LogP contribution in [0.5, 0.6) is 0 Å². The lowest BCUT2D eigenvalue weighted by Crippen LogP contribution is -2.30. The summed E-state index contributed by atoms with van der Waals surface area (Å²) in [5.74, 6) is 0.671. The molecule has 0 spiro atoms. The molecular weight excluding hydrogens is 388 g/mol. The third-order valence-corrected chi connectivity index (χ3v) is 6.09. The van der Waals surface area contributed by atoms with Crippen molar-refractivity contribution in [1.82, 2.24) is 14.5 Å². The Labute approximate surface area is 171 Å². The van der Waals surface area contributed by atoms with Crippen molar-refractivity contribution in [2.75, 3.05) is 5.32 Å². The lowest BCUT2D eigenvalue weighted by molar-refractivity contribution is -0.0295. The highest BCUT2D eigenvalue weighted by Crippen LogP contribution is 2.40. The summed E-state index contributed by atoms with van der Waals surface area (Å²) in [5.41, 5.74) is 2.49. The highest BCUT2D eigenvalue weighted by Gasteiger charge is 2.42. The number of nitrogens with zero attached hydrogens (tertiary/aromatic N) is 3. The first kappa shape index (κ1) is 18.3. The number of fused-ring (bicyclic) bond motifs is 1. The second-order valence-corrected chi connectivity index (χ2v) is 8.00. The van der Waals surface area contributed by atoms with Gasteiger partial charge in [-0.05, 0) is 30.5 Å². The Morgan fingerprint density at radius 2 is 1.90 bits per heavy atom. The van der Waals surface area contributed by atoms with Gasteiger partial charge in [-0.1, -0.05) is 24.3 Å². The maximum atomic E-state index is 10.5. The minimum Gasteiger partial charge on any atom is -0.388 e. The van der Waals surface area contributed by atoms with Crippen LogP contribution in [0.3, 0.4) is 0 Å². The van der Waals surface area contributed by atoms with E-state index in [0.717, 1.165) is 21.5 Å². The van der Waals surface area contributed by atoms with Crippen LogP contribution in [0.15, 0.2) is 60.4 Å². The zero-order valence-corrected chi connectivity index (χ0v) is 16.5. The fourth-order valence-electron chi connectivity index (χ4n) is 3.71. The first-order chi connectivity index (χ1) is 14.1. The molecular formula is C21H20N4O3S. The number of hydrogen-bond acceptors (Lipinski definition) is 7. The van der Waals surface area contributed by atoms with Gasteiger partial charge in [0.25, 0.3) is 0 Å². The minimum atomic E-state index is -1.04. The van der Waals surface area contributed by atoms with E-state index in [0.29, 0.717) is 11.5 Å². The Hall–Kier alpha value is -2.78. The van der Waals surface area contributed by atoms with E-state index in [1.165, 1.54) is 6.33 Å². The largest absolute Gasteiger partial charge is 0.388 e. The third kappa shape index (κ3) is 3.10. The molecule has 4 aromatic rings. The van der Waals surface area contributed by atoms with Crippen molar-refractivity contribution in [2.24, 2.45) is 0 Å². The molecule has 0 aliphatic carbocycles. The summed E-state index contributed by atoms with van der Waals surface area (Å²) >= 11 is 1.61. The van der Waals surface area contributed by atoms with Gasteiger partial charge in [0.15, 0.2) is 6.23 Å². The molecule has 0 saturated carbocycles. The molecule has 1 fully saturated rings. The normalized spacial score (nSPS) is 24.2. The van der Waals surface area contributed by atoms with Crippen LogP contribution in [0.4, 0.5) is 11.5 Å². The number of nitrogens with one attached hydrogen (secondary N) is 1. The van der Waals surface area contributed by atoms with Crippen molar-refractivity contribution in [3.05, 3.63) is 60.4 Å². The number of para-hydroxylation sites is 1. The summed E-state index contributed by atoms with van der Waals surface area (Å²) < 4.78 is 7.65. The van der Waals surface area contributed by atoms with Crippen molar-refractivity contribution in [3.63, 3.8) is 0 Å². The van der Waals surface area contributed by atoms with Gasteiger partial charge in [-0.25, -0.2) is 9.97 Å². The zero-order chi connectivity index (χ0) is 20.0. The van der Waals surface area contributed by atoms with E-state index in [1.807, 2.05) is 54.0 Å². The smallest absolute Gasteiger partial charge is 0.164 e. The SMILES string of the molecule is C[C@H]1O[C@@H](n2cc(-c3cccs3)c3c(Nc4ccccc4)ncnc32)[C@@H](O)[C@H]1O. The predicted octanol–water partition coefficient (Wildman–Crippen LogP) is 3.54. The van der Waals surface area contributed by atoms with Crippen LogP contribution < -0.4 is 5.32 Å². The molecule has 1 saturated heterocycles. The summed E-state index contributed by atoms with van der Waals surface area (Å²) in [5, 5.41) is 26.9. The fraction of sp³-hybridized carbons (Fsp3) is 0.238. The van der Waals surface area contributed by atoms with Gasteiger partial charge in [-0.2, -0.15) is 0 Å². The van der Waals surface area contributed by atoms with Gasteiger partial charge in [0.1, 0.15) is 30.0 Å². The number of thiophene rings is 1. The quantitative estimate of drug-likeness (QED) is 0.478. The molecule has 1 aliphatic rings. The van der Waals surface area contributed by atoms with Crippen LogP contribution in [-0.2, 0) is 4.74 Å². The molecule has 29 heavy (non-hydrogen) atoms. The van der Waals surface area contributed by atoms with Crippen molar-refractivity contribution in [1.29, 1.82) is 0 Å². The molecule has 0 unspecified atom stereocenters. The Bertz CT molecular complexity index is 1130. The van der Waals surface area contributed by atoms with Gasteiger partial charge in [-0.15, -0.1) is 11.3 Å². The van der Waals surface area contributed by atoms with Crippen LogP contribution >= 0.6 is 11.3 Å². The number of rotatable bonds is 4. The minimum absolute atomic E-state index is 0.471. The first-order valence-electron chi connectivity index (χ1n) is 9.36. The van der Waals surface area contributed by atoms with Crippen molar-refractivity contribution >= 4 is 33.9 Å². The second kappa shape index (κ2) is 7.23. The molecule has 3 aromatic heterocycles. The average Bonchev–Trinajstić information content (AvgIpc) is 3.45. The van der Waals surface area contributed by atoms with E-state index in [4.69, 9.17) is 4.74 Å². The van der Waals surface area contributed by atoms with Crippen molar-refractivity contribution in [2.45, 2.75) is 31.5 Å². The number of aromatic nitrogens is 3. The van der Waals surface area contributed by atoms with Gasteiger partial charge in [0.05, 0.1) is 11.5 Å². The molecule has 1 aromatic carbocycles. The molecule has 3 N–H and O–H groups in total. The van der Waals surface area contributed by atoms with E-state index >= 15 is 0 Å². The Kier molecular flexibility index (Phi) is 4.56. The molecule has 1 aliphatic heterocycles. The highest BCUT2D eigenvalue weighted by molar-refractivity contribution is 7.13. The van der Waals surface area contributed by atoms with Gasteiger partial charge >= 0.3 is 0 Å². The molecule has 7 nitrogen and oxygen atoms in total. The summed E-state index contributed by atoms with van der Waals surface area (Å²) in [6.45, 7) is 1.75. The molecule has 0 radical (unpaired) electrons. The molecule has 5 rings (SSSR count). The number of hydrogen-bond donors (Lipinski definition) is 3. The number of aliphatic hydroxyl groups is 2. The molecule has 4 atom stereocenters. The molecule has 0 amide bonds. The summed E-state index contributed by atoms with van der Waals surface area (Å²) in [7, 11) is 0. The predicted molar refractivity (Wildman–Crippen MR) is 112 cm³/mol. The topological polar surface area (TPSA) is 92.4 Å². The van der Waals surface area contributed by atoms with E-state index in [1.54, 1.807) is 22.8 Å². The van der Waals surface area contributed by atoms with Gasteiger partial charge in [0, 0.05) is 22.3 Å². The molecule has 8 heteroatoms. The summed E-state index contributed by atoms with van der Waals surface area (Å²) in [6.07, 6.45) is 0.212. The summed E-state index contributed by atoms with van der Waals surface area (Å²) in [6, 6.07) is 13.8. The van der Waals surface area contributed by atoms with Crippen LogP contribution in [0.1, 0.15) is 13.2 Å². The van der Waals surface area contributed by atoms with E-state index < -0.39 is 24.5 Å². The van der Waals surface area contributed by atoms with Crippen LogP contribution in [0.2, 0.25) is 0 Å². The number of anilines is 2. The Morgan fingerprint density at radius 1 is 1.07 bits per heavy atom. The lowest BCUT2D eigenvalue weighted by Gasteiger charge is -2.17. The van der Waals surface area contributed by atoms with Crippen molar-refractivity contribution < 1.29 is 14.9 Å². The lowest BCUT2D eigenvalue weighted by atomic mass is 10.1. The standard InChI is InChI=1S/C21H20N4O3S/c1-12-17(26)18(27)21(28-12)25-10-14(15-8-5-9-29-15)16-19(22-11-23-20(16)25)24-13-6-3-2-4-7-13/h2-12,17-18,21,26-27H,1H3,(H,22,23,24)/t12-,17+,18+,21-/m1/s1. The monoisotopic (exact) mass is 408 g/mol. The van der Waals surface area contributed by atoms with Gasteiger partial charge in [0.2, 0.25) is 0 Å². The maximum Gasteiger partial charge on any atom is 0.164 e. The molecule has 4 heterocycles. The van der Waals surface area contributed by atoms with Gasteiger partial charge < -0.3 is 24.8 Å². The van der Waals surface area contributed by atoms with E-state index in [2.05, 4.69) is 15.3 Å². The number of aliphatic hydroxyl groups excluding tert-OH is 2. The fourth-order valence-corrected chi connectivity index (χ4v) is 4.45. The average molecular weight is 408 g/mol. The Morgan fingerprint density at radius 3 is 2.59 bits per heavy atom. The molecule has 0 bridgehead atoms. The molecule has 148 valence electrons. The van der Waals surface area contributed by atoms with Crippen LogP contribution in [0.25, 0.3) is 21.5 Å². The van der Waals surface area contributed by atoms with Crippen molar-refractivity contribution in [3.8, 4) is 10.4 Å². The highest BCUT2D eigenvalue weighted by atomic mass is 32.1. The third-order valence-electron chi connectivity index (χ3n) is 5.18. The van der Waals surface area contributed by atoms with Crippen LogP contribution in [0, 0.1) is 0 Å². The van der Waals surface area contributed by atoms with E-state index in [-0.39, 0.29) is 0 Å². The van der Waals surface area contributed by atoms with Gasteiger partial charge in [-0.3, -0.25) is 0 Å². The maximum absolute atomic E-state index is 10.5. The number of ether oxygens (including phenoxy) is 1.